The third-order valence-corrected chi connectivity index (χ3v) is 2.67. The molecule has 1 rings (SSSR count). The van der Waals surface area contributed by atoms with E-state index < -0.39 is 0 Å². The number of nitrogen functional groups attached to an aromatic ring is 1. The van der Waals surface area contributed by atoms with Crippen LogP contribution < -0.4 is 15.8 Å². The van der Waals surface area contributed by atoms with Gasteiger partial charge in [-0.05, 0) is 31.9 Å². The summed E-state index contributed by atoms with van der Waals surface area (Å²) in [6, 6.07) is 5.06. The fraction of sp³-hybridized carbons (Fsp3) is 0.462. The van der Waals surface area contributed by atoms with Gasteiger partial charge in [0.05, 0.1) is 18.4 Å². The number of benzene rings is 1. The molecule has 100 valence electrons. The maximum absolute atomic E-state index is 12.0. The van der Waals surface area contributed by atoms with Crippen molar-refractivity contribution in [3.8, 4) is 5.75 Å². The molecule has 0 aliphatic heterocycles. The highest BCUT2D eigenvalue weighted by Gasteiger charge is 2.15. The summed E-state index contributed by atoms with van der Waals surface area (Å²) in [5.41, 5.74) is 6.61. The average molecular weight is 252 g/mol. The van der Waals surface area contributed by atoms with E-state index in [1.807, 2.05) is 6.92 Å². The van der Waals surface area contributed by atoms with Crippen LogP contribution in [0.5, 0.6) is 5.75 Å². The molecule has 4 N–H and O–H groups in total. The molecule has 0 bridgehead atoms. The van der Waals surface area contributed by atoms with Crippen LogP contribution >= 0.6 is 0 Å². The van der Waals surface area contributed by atoms with E-state index in [1.54, 1.807) is 18.2 Å². The number of hydrogen-bond acceptors (Lipinski definition) is 4. The molecule has 1 atom stereocenters. The van der Waals surface area contributed by atoms with Gasteiger partial charge in [0.1, 0.15) is 0 Å². The first kappa shape index (κ1) is 14.3. The fourth-order valence-electron chi connectivity index (χ4n) is 1.73. The van der Waals surface area contributed by atoms with E-state index in [4.69, 9.17) is 15.6 Å². The monoisotopic (exact) mass is 252 g/mol. The number of aliphatic hydroxyl groups is 1. The number of para-hydroxylation sites is 1. The van der Waals surface area contributed by atoms with E-state index in [9.17, 15) is 4.79 Å². The maximum Gasteiger partial charge on any atom is 0.255 e. The Labute approximate surface area is 107 Å². The molecular formula is C13H20N2O3. The summed E-state index contributed by atoms with van der Waals surface area (Å²) in [5, 5.41) is 11.6. The molecule has 18 heavy (non-hydrogen) atoms. The molecule has 0 radical (unpaired) electrons. The Bertz CT molecular complexity index is 407. The van der Waals surface area contributed by atoms with Crippen LogP contribution in [0.4, 0.5) is 5.69 Å². The number of carbonyl (C=O) groups is 1. The van der Waals surface area contributed by atoms with Crippen LogP contribution in [0.3, 0.4) is 0 Å². The van der Waals surface area contributed by atoms with Gasteiger partial charge in [0, 0.05) is 12.6 Å². The SMILES string of the molecule is COc1c(N)cccc1C(=O)NC(C)CCCO. The topological polar surface area (TPSA) is 84.6 Å². The van der Waals surface area contributed by atoms with Crippen molar-refractivity contribution in [3.63, 3.8) is 0 Å². The number of anilines is 1. The third-order valence-electron chi connectivity index (χ3n) is 2.67. The Morgan fingerprint density at radius 2 is 2.28 bits per heavy atom. The number of aliphatic hydroxyl groups excluding tert-OH is 1. The Balaban J connectivity index is 2.75. The summed E-state index contributed by atoms with van der Waals surface area (Å²) in [6.07, 6.45) is 1.39. The van der Waals surface area contributed by atoms with Gasteiger partial charge in [-0.2, -0.15) is 0 Å². The summed E-state index contributed by atoms with van der Waals surface area (Å²) in [6.45, 7) is 2.02. The van der Waals surface area contributed by atoms with Crippen LogP contribution in [0.15, 0.2) is 18.2 Å². The summed E-state index contributed by atoms with van der Waals surface area (Å²) < 4.78 is 5.13. The molecule has 0 saturated heterocycles. The average Bonchev–Trinajstić information content (AvgIpc) is 2.35. The van der Waals surface area contributed by atoms with Crippen LogP contribution in [0.25, 0.3) is 0 Å². The van der Waals surface area contributed by atoms with Gasteiger partial charge in [0.25, 0.3) is 5.91 Å². The molecule has 0 aliphatic rings. The van der Waals surface area contributed by atoms with Gasteiger partial charge in [0.15, 0.2) is 5.75 Å². The van der Waals surface area contributed by atoms with E-state index in [-0.39, 0.29) is 18.6 Å². The van der Waals surface area contributed by atoms with Crippen molar-refractivity contribution in [2.75, 3.05) is 19.5 Å². The van der Waals surface area contributed by atoms with Crippen molar-refractivity contribution in [2.24, 2.45) is 0 Å². The number of hydrogen-bond donors (Lipinski definition) is 3. The minimum absolute atomic E-state index is 0.00390. The minimum Gasteiger partial charge on any atom is -0.494 e. The Hall–Kier alpha value is -1.75. The molecule has 1 unspecified atom stereocenters. The third kappa shape index (κ3) is 3.63. The second-order valence-corrected chi connectivity index (χ2v) is 4.17. The van der Waals surface area contributed by atoms with Gasteiger partial charge in [-0.25, -0.2) is 0 Å². The smallest absolute Gasteiger partial charge is 0.255 e. The van der Waals surface area contributed by atoms with Gasteiger partial charge in [0.2, 0.25) is 0 Å². The van der Waals surface area contributed by atoms with Crippen molar-refractivity contribution in [3.05, 3.63) is 23.8 Å². The molecule has 1 aromatic carbocycles. The number of carbonyl (C=O) groups excluding carboxylic acids is 1. The molecule has 0 fully saturated rings. The van der Waals surface area contributed by atoms with E-state index in [0.29, 0.717) is 23.4 Å². The normalized spacial score (nSPS) is 11.9. The zero-order valence-corrected chi connectivity index (χ0v) is 10.8. The van der Waals surface area contributed by atoms with Crippen molar-refractivity contribution >= 4 is 11.6 Å². The summed E-state index contributed by atoms with van der Waals surface area (Å²) in [7, 11) is 1.48. The van der Waals surface area contributed by atoms with Crippen LogP contribution in [0, 0.1) is 0 Å². The molecule has 0 aliphatic carbocycles. The summed E-state index contributed by atoms with van der Waals surface area (Å²) in [5.74, 6) is 0.175. The van der Waals surface area contributed by atoms with Crippen molar-refractivity contribution < 1.29 is 14.6 Å². The van der Waals surface area contributed by atoms with Crippen molar-refractivity contribution in [1.29, 1.82) is 0 Å². The number of methoxy groups -OCH3 is 1. The van der Waals surface area contributed by atoms with E-state index >= 15 is 0 Å². The van der Waals surface area contributed by atoms with E-state index in [2.05, 4.69) is 5.32 Å². The number of nitrogens with two attached hydrogens (primary N) is 1. The first-order chi connectivity index (χ1) is 8.60. The second kappa shape index (κ2) is 6.86. The highest BCUT2D eigenvalue weighted by Crippen LogP contribution is 2.25. The van der Waals surface area contributed by atoms with Crippen molar-refractivity contribution in [2.45, 2.75) is 25.8 Å². The highest BCUT2D eigenvalue weighted by molar-refractivity contribution is 5.98. The van der Waals surface area contributed by atoms with Gasteiger partial charge in [-0.1, -0.05) is 6.07 Å². The lowest BCUT2D eigenvalue weighted by Gasteiger charge is -2.15. The maximum atomic E-state index is 12.0. The minimum atomic E-state index is -0.218. The van der Waals surface area contributed by atoms with Gasteiger partial charge in [-0.3, -0.25) is 4.79 Å². The van der Waals surface area contributed by atoms with Gasteiger partial charge in [-0.15, -0.1) is 0 Å². The van der Waals surface area contributed by atoms with Gasteiger partial charge >= 0.3 is 0 Å². The van der Waals surface area contributed by atoms with Crippen molar-refractivity contribution in [1.82, 2.24) is 5.32 Å². The molecule has 0 saturated carbocycles. The number of rotatable bonds is 6. The number of amides is 1. The first-order valence-corrected chi connectivity index (χ1v) is 5.94. The number of nitrogens with one attached hydrogen (secondary N) is 1. The molecule has 1 amide bonds. The second-order valence-electron chi connectivity index (χ2n) is 4.17. The molecule has 0 spiro atoms. The molecule has 0 aromatic heterocycles. The standard InChI is InChI=1S/C13H20N2O3/c1-9(5-4-8-16)15-13(17)10-6-3-7-11(14)12(10)18-2/h3,6-7,9,16H,4-5,8,14H2,1-2H3,(H,15,17). The van der Waals surface area contributed by atoms with Crippen LogP contribution in [-0.4, -0.2) is 30.8 Å². The Kier molecular flexibility index (Phi) is 5.45. The molecular weight excluding hydrogens is 232 g/mol. The predicted molar refractivity (Wildman–Crippen MR) is 70.7 cm³/mol. The molecule has 5 nitrogen and oxygen atoms in total. The van der Waals surface area contributed by atoms with E-state index in [0.717, 1.165) is 6.42 Å². The fourth-order valence-corrected chi connectivity index (χ4v) is 1.73. The largest absolute Gasteiger partial charge is 0.494 e. The Morgan fingerprint density at radius 1 is 1.56 bits per heavy atom. The quantitative estimate of drug-likeness (QED) is 0.663. The van der Waals surface area contributed by atoms with Crippen LogP contribution in [0.1, 0.15) is 30.1 Å². The summed E-state index contributed by atoms with van der Waals surface area (Å²) >= 11 is 0. The number of ether oxygens (including phenoxy) is 1. The zero-order chi connectivity index (χ0) is 13.5. The van der Waals surface area contributed by atoms with Crippen LogP contribution in [-0.2, 0) is 0 Å². The Morgan fingerprint density at radius 3 is 2.89 bits per heavy atom. The highest BCUT2D eigenvalue weighted by atomic mass is 16.5. The lowest BCUT2D eigenvalue weighted by atomic mass is 10.1. The lowest BCUT2D eigenvalue weighted by Crippen LogP contribution is -2.33. The van der Waals surface area contributed by atoms with E-state index in [1.165, 1.54) is 7.11 Å². The molecule has 5 heteroatoms. The first-order valence-electron chi connectivity index (χ1n) is 5.94. The predicted octanol–water partition coefficient (Wildman–Crippen LogP) is 1.17. The zero-order valence-electron chi connectivity index (χ0n) is 10.8. The molecule has 0 heterocycles. The molecule has 1 aromatic rings. The summed E-state index contributed by atoms with van der Waals surface area (Å²) in [4.78, 5) is 12.0. The van der Waals surface area contributed by atoms with Gasteiger partial charge < -0.3 is 20.9 Å². The van der Waals surface area contributed by atoms with Crippen LogP contribution in [0.2, 0.25) is 0 Å². The lowest BCUT2D eigenvalue weighted by molar-refractivity contribution is 0.0933.